The first-order valence-corrected chi connectivity index (χ1v) is 11.6. The molecule has 0 spiro atoms. The van der Waals surface area contributed by atoms with Gasteiger partial charge in [0.05, 0.1) is 6.04 Å². The Morgan fingerprint density at radius 3 is 2.38 bits per heavy atom. The molecule has 0 bridgehead atoms. The van der Waals surface area contributed by atoms with Crippen molar-refractivity contribution in [3.05, 3.63) is 35.9 Å². The summed E-state index contributed by atoms with van der Waals surface area (Å²) in [6.07, 6.45) is 0.954. The topological polar surface area (TPSA) is 185 Å². The predicted molar refractivity (Wildman–Crippen MR) is 127 cm³/mol. The molecule has 0 aromatic heterocycles. The quantitative estimate of drug-likeness (QED) is 0.197. The molecule has 1 aliphatic rings. The van der Waals surface area contributed by atoms with Gasteiger partial charge in [0.1, 0.15) is 18.1 Å². The van der Waals surface area contributed by atoms with Gasteiger partial charge in [0, 0.05) is 18.7 Å². The Kier molecular flexibility index (Phi) is 10.3. The van der Waals surface area contributed by atoms with Crippen molar-refractivity contribution in [3.8, 4) is 0 Å². The fourth-order valence-electron chi connectivity index (χ4n) is 3.75. The van der Waals surface area contributed by atoms with Gasteiger partial charge in [-0.25, -0.2) is 4.79 Å². The summed E-state index contributed by atoms with van der Waals surface area (Å²) in [6.45, 7) is 0.346. The number of likely N-dealkylation sites (tertiary alicyclic amines) is 1. The minimum Gasteiger partial charge on any atom is -0.480 e. The van der Waals surface area contributed by atoms with E-state index in [1.165, 1.54) is 4.90 Å². The fraction of sp³-hybridized carbons (Fsp3) is 0.500. The molecule has 2 rings (SSSR count). The largest absolute Gasteiger partial charge is 0.480 e. The third kappa shape index (κ3) is 7.73. The molecule has 34 heavy (non-hydrogen) atoms. The first-order valence-electron chi connectivity index (χ1n) is 11.0. The molecule has 1 fully saturated rings. The molecule has 4 amide bonds. The van der Waals surface area contributed by atoms with Crippen LogP contribution in [0, 0.1) is 0 Å². The molecule has 12 heteroatoms. The van der Waals surface area contributed by atoms with Crippen LogP contribution in [-0.4, -0.2) is 76.1 Å². The molecule has 0 radical (unpaired) electrons. The first kappa shape index (κ1) is 27.1. The molecular weight excluding hydrogens is 462 g/mol. The lowest BCUT2D eigenvalue weighted by Gasteiger charge is -2.28. The molecule has 1 aromatic carbocycles. The second kappa shape index (κ2) is 12.9. The number of carboxylic acid groups (broad SMARTS) is 1. The van der Waals surface area contributed by atoms with Crippen LogP contribution in [0.2, 0.25) is 0 Å². The van der Waals surface area contributed by atoms with E-state index in [1.54, 1.807) is 0 Å². The highest BCUT2D eigenvalue weighted by Crippen LogP contribution is 2.19. The van der Waals surface area contributed by atoms with Crippen molar-refractivity contribution < 1.29 is 29.1 Å². The normalized spacial score (nSPS) is 17.9. The minimum atomic E-state index is -1.29. The molecule has 0 aliphatic carbocycles. The van der Waals surface area contributed by atoms with E-state index < -0.39 is 47.9 Å². The van der Waals surface area contributed by atoms with E-state index in [9.17, 15) is 24.0 Å². The highest BCUT2D eigenvalue weighted by atomic mass is 32.1. The van der Waals surface area contributed by atoms with Crippen LogP contribution >= 0.6 is 12.6 Å². The lowest BCUT2D eigenvalue weighted by molar-refractivity contribution is -0.142. The summed E-state index contributed by atoms with van der Waals surface area (Å²) in [7, 11) is 0. The van der Waals surface area contributed by atoms with Gasteiger partial charge in [-0.3, -0.25) is 19.2 Å². The van der Waals surface area contributed by atoms with E-state index in [2.05, 4.69) is 23.3 Å². The van der Waals surface area contributed by atoms with Gasteiger partial charge in [-0.1, -0.05) is 30.3 Å². The highest BCUT2D eigenvalue weighted by Gasteiger charge is 2.38. The number of nitrogens with one attached hydrogen (secondary N) is 2. The van der Waals surface area contributed by atoms with Crippen molar-refractivity contribution in [2.45, 2.75) is 56.3 Å². The smallest absolute Gasteiger partial charge is 0.327 e. The van der Waals surface area contributed by atoms with E-state index in [0.717, 1.165) is 5.56 Å². The summed E-state index contributed by atoms with van der Waals surface area (Å²) in [5, 5.41) is 14.0. The van der Waals surface area contributed by atoms with Crippen LogP contribution in [0.4, 0.5) is 0 Å². The van der Waals surface area contributed by atoms with Crippen molar-refractivity contribution in [1.82, 2.24) is 15.5 Å². The Labute approximate surface area is 203 Å². The number of carbonyl (C=O) groups excluding carboxylic acids is 4. The van der Waals surface area contributed by atoms with Gasteiger partial charge < -0.3 is 32.1 Å². The maximum Gasteiger partial charge on any atom is 0.327 e. The fourth-order valence-corrected chi connectivity index (χ4v) is 4.00. The molecule has 186 valence electrons. The minimum absolute atomic E-state index is 0.125. The number of nitrogens with zero attached hydrogens (tertiary/aromatic N) is 1. The van der Waals surface area contributed by atoms with Crippen molar-refractivity contribution in [2.24, 2.45) is 11.5 Å². The molecule has 11 nitrogen and oxygen atoms in total. The number of thiol groups is 1. The van der Waals surface area contributed by atoms with Crippen LogP contribution in [0.3, 0.4) is 0 Å². The average Bonchev–Trinajstić information content (AvgIpc) is 3.29. The van der Waals surface area contributed by atoms with Crippen LogP contribution in [-0.2, 0) is 30.4 Å². The highest BCUT2D eigenvalue weighted by molar-refractivity contribution is 7.80. The molecule has 1 heterocycles. The van der Waals surface area contributed by atoms with Gasteiger partial charge >= 0.3 is 5.97 Å². The number of aliphatic carboxylic acids is 1. The Morgan fingerprint density at radius 2 is 1.79 bits per heavy atom. The summed E-state index contributed by atoms with van der Waals surface area (Å²) in [4.78, 5) is 62.5. The third-order valence-corrected chi connectivity index (χ3v) is 5.93. The van der Waals surface area contributed by atoms with Crippen molar-refractivity contribution in [2.75, 3.05) is 12.3 Å². The second-order valence-corrected chi connectivity index (χ2v) is 8.50. The Balaban J connectivity index is 2.08. The number of nitrogens with two attached hydrogens (primary N) is 2. The maximum atomic E-state index is 13.0. The monoisotopic (exact) mass is 493 g/mol. The number of primary amides is 1. The Bertz CT molecular complexity index is 899. The van der Waals surface area contributed by atoms with Gasteiger partial charge in [-0.05, 0) is 31.2 Å². The number of carboxylic acids is 1. The van der Waals surface area contributed by atoms with Gasteiger partial charge in [-0.15, -0.1) is 0 Å². The van der Waals surface area contributed by atoms with Gasteiger partial charge in [0.15, 0.2) is 0 Å². The van der Waals surface area contributed by atoms with E-state index in [0.29, 0.717) is 25.8 Å². The molecule has 7 N–H and O–H groups in total. The SMILES string of the molecule is NC(=O)CCC(NC(=O)C1CCCN1C(=O)C(N)Cc1ccccc1)C(=O)NC(CS)C(=O)O. The number of hydrogen-bond donors (Lipinski definition) is 6. The van der Waals surface area contributed by atoms with Crippen molar-refractivity contribution in [1.29, 1.82) is 0 Å². The van der Waals surface area contributed by atoms with Crippen LogP contribution in [0.1, 0.15) is 31.2 Å². The summed E-state index contributed by atoms with van der Waals surface area (Å²) < 4.78 is 0. The number of amides is 4. The maximum absolute atomic E-state index is 13.0. The summed E-state index contributed by atoms with van der Waals surface area (Å²) in [5.74, 6) is -3.88. The lowest BCUT2D eigenvalue weighted by Crippen LogP contribution is -2.57. The molecule has 0 saturated carbocycles. The molecule has 4 unspecified atom stereocenters. The number of benzene rings is 1. The Morgan fingerprint density at radius 1 is 1.12 bits per heavy atom. The van der Waals surface area contributed by atoms with Crippen molar-refractivity contribution >= 4 is 42.2 Å². The second-order valence-electron chi connectivity index (χ2n) is 8.13. The van der Waals surface area contributed by atoms with Crippen LogP contribution in [0.5, 0.6) is 0 Å². The van der Waals surface area contributed by atoms with Gasteiger partial charge in [0.25, 0.3) is 0 Å². The molecule has 1 aliphatic heterocycles. The number of hydrogen-bond acceptors (Lipinski definition) is 7. The molecule has 4 atom stereocenters. The summed E-state index contributed by atoms with van der Waals surface area (Å²) in [6, 6.07) is 5.11. The zero-order valence-corrected chi connectivity index (χ0v) is 19.6. The average molecular weight is 494 g/mol. The van der Waals surface area contributed by atoms with Crippen molar-refractivity contribution in [3.63, 3.8) is 0 Å². The van der Waals surface area contributed by atoms with Gasteiger partial charge in [-0.2, -0.15) is 12.6 Å². The van der Waals surface area contributed by atoms with Gasteiger partial charge in [0.2, 0.25) is 23.6 Å². The van der Waals surface area contributed by atoms with Crippen LogP contribution in [0.25, 0.3) is 0 Å². The predicted octanol–water partition coefficient (Wildman–Crippen LogP) is -1.20. The van der Waals surface area contributed by atoms with E-state index in [1.807, 2.05) is 30.3 Å². The third-order valence-electron chi connectivity index (χ3n) is 5.56. The van der Waals surface area contributed by atoms with E-state index in [4.69, 9.17) is 16.6 Å². The molecule has 1 saturated heterocycles. The summed E-state index contributed by atoms with van der Waals surface area (Å²) >= 11 is 3.90. The zero-order chi connectivity index (χ0) is 25.3. The molecule has 1 aromatic rings. The van der Waals surface area contributed by atoms with E-state index >= 15 is 0 Å². The van der Waals surface area contributed by atoms with Crippen LogP contribution < -0.4 is 22.1 Å². The zero-order valence-electron chi connectivity index (χ0n) is 18.7. The first-order chi connectivity index (χ1) is 16.1. The Hall–Kier alpha value is -3.12. The molecular formula is C22H31N5O6S. The van der Waals surface area contributed by atoms with Crippen LogP contribution in [0.15, 0.2) is 30.3 Å². The standard InChI is InChI=1S/C22H31N5O6S/c23-14(11-13-5-2-1-3-6-13)21(31)27-10-4-7-17(27)20(30)25-15(8-9-18(24)28)19(29)26-16(12-34)22(32)33/h1-3,5-6,14-17,34H,4,7-12,23H2,(H2,24,28)(H,25,30)(H,26,29)(H,32,33). The summed E-state index contributed by atoms with van der Waals surface area (Å²) in [5.41, 5.74) is 12.2. The number of carbonyl (C=O) groups is 5. The number of rotatable bonds is 12. The van der Waals surface area contributed by atoms with E-state index in [-0.39, 0.29) is 24.5 Å². The lowest BCUT2D eigenvalue weighted by atomic mass is 10.0.